The molecule has 0 radical (unpaired) electrons. The fourth-order valence-corrected chi connectivity index (χ4v) is 10.3. The monoisotopic (exact) mass is 822 g/mol. The van der Waals surface area contributed by atoms with Gasteiger partial charge in [0.15, 0.2) is 0 Å². The quantitative estimate of drug-likeness (QED) is 0.148. The van der Waals surface area contributed by atoms with Crippen molar-refractivity contribution in [2.24, 2.45) is 14.1 Å². The lowest BCUT2D eigenvalue weighted by Gasteiger charge is -2.04. The maximum Gasteiger partial charge on any atom is 0.123 e. The number of fused-ring (bicyclic) bond motifs is 4. The molecule has 11 heterocycles. The van der Waals surface area contributed by atoms with Crippen LogP contribution in [-0.4, -0.2) is 26.7 Å². The number of pyridine rings is 5. The van der Waals surface area contributed by atoms with Gasteiger partial charge in [-0.1, -0.05) is 133 Å². The van der Waals surface area contributed by atoms with E-state index in [2.05, 4.69) is 253 Å². The molecule has 0 saturated heterocycles. The number of aryl methyl sites for hydroxylation is 2. The van der Waals surface area contributed by atoms with E-state index in [0.717, 1.165) is 0 Å². The number of rotatable bonds is 1. The van der Waals surface area contributed by atoms with E-state index in [1.807, 2.05) is 6.07 Å². The third-order valence-corrected chi connectivity index (χ3v) is 13.2. The molecule has 0 amide bonds. The van der Waals surface area contributed by atoms with Crippen LogP contribution in [-0.2, 0) is 14.1 Å². The molecule has 16 rings (SSSR count). The third kappa shape index (κ3) is 5.45. The Bertz CT molecular complexity index is 4210. The maximum atomic E-state index is 2.36. The largest absolute Gasteiger partial charge is 0.344 e. The highest BCUT2D eigenvalue weighted by Crippen LogP contribution is 2.33. The molecule has 0 bridgehead atoms. The summed E-state index contributed by atoms with van der Waals surface area (Å²) in [6, 6.07) is 73.3. The number of hydrogen-bond acceptors (Lipinski definition) is 0. The van der Waals surface area contributed by atoms with Crippen LogP contribution in [0, 0.1) is 0 Å². The van der Waals surface area contributed by atoms with Crippen LogP contribution in [0.15, 0.2) is 219 Å². The van der Waals surface area contributed by atoms with Crippen LogP contribution >= 0.6 is 0 Å². The topological polar surface area (TPSA) is 27.5 Å². The summed E-state index contributed by atoms with van der Waals surface area (Å²) in [5, 5.41) is 9.18. The normalized spacial score (nSPS) is 11.9. The van der Waals surface area contributed by atoms with Crippen molar-refractivity contribution in [1.82, 2.24) is 26.7 Å². The maximum absolute atomic E-state index is 2.36. The fourth-order valence-electron chi connectivity index (χ4n) is 10.3. The minimum absolute atomic E-state index is 1.24. The van der Waals surface area contributed by atoms with E-state index in [0.29, 0.717) is 0 Å². The molecule has 64 heavy (non-hydrogen) atoms. The van der Waals surface area contributed by atoms with Crippen LogP contribution in [0.3, 0.4) is 0 Å². The zero-order chi connectivity index (χ0) is 42.5. The van der Waals surface area contributed by atoms with Gasteiger partial charge in [0, 0.05) is 70.3 Å². The zero-order valence-electron chi connectivity index (χ0n) is 35.5. The first kappa shape index (κ1) is 36.2. The van der Waals surface area contributed by atoms with Crippen molar-refractivity contribution in [2.75, 3.05) is 0 Å². The summed E-state index contributed by atoms with van der Waals surface area (Å²) >= 11 is 0. The van der Waals surface area contributed by atoms with Crippen molar-refractivity contribution >= 4 is 98.6 Å². The van der Waals surface area contributed by atoms with Crippen molar-refractivity contribution in [3.05, 3.63) is 219 Å². The molecule has 0 aliphatic carbocycles. The van der Waals surface area contributed by atoms with E-state index in [1.54, 1.807) is 0 Å². The molecule has 6 heteroatoms. The lowest BCUT2D eigenvalue weighted by Crippen LogP contribution is -1.90. The van der Waals surface area contributed by atoms with E-state index in [1.165, 1.54) is 110 Å². The highest BCUT2D eigenvalue weighted by atomic mass is 15.1. The third-order valence-electron chi connectivity index (χ3n) is 13.2. The highest BCUT2D eigenvalue weighted by Gasteiger charge is 2.15. The first-order valence-electron chi connectivity index (χ1n) is 21.9. The summed E-state index contributed by atoms with van der Waals surface area (Å²) in [5.41, 5.74) is 16.7. The Hall–Kier alpha value is -8.48. The van der Waals surface area contributed by atoms with Crippen molar-refractivity contribution in [1.29, 1.82) is 0 Å². The molecule has 0 atom stereocenters. The van der Waals surface area contributed by atoms with Crippen LogP contribution in [0.25, 0.3) is 110 Å². The highest BCUT2D eigenvalue weighted by molar-refractivity contribution is 6.05. The van der Waals surface area contributed by atoms with Gasteiger partial charge in [-0.3, -0.25) is 8.80 Å². The fraction of sp³-hybridized carbons (Fsp3) is 0.0345. The van der Waals surface area contributed by atoms with Gasteiger partial charge in [0.05, 0.1) is 33.1 Å². The molecule has 0 aliphatic heterocycles. The smallest absolute Gasteiger partial charge is 0.123 e. The van der Waals surface area contributed by atoms with Crippen molar-refractivity contribution in [3.8, 4) is 11.3 Å². The van der Waals surface area contributed by atoms with Gasteiger partial charge in [-0.2, -0.15) is 0 Å². The molecular formula is C58H42N6. The van der Waals surface area contributed by atoms with Gasteiger partial charge in [-0.25, -0.2) is 0 Å². The van der Waals surface area contributed by atoms with Crippen molar-refractivity contribution in [2.45, 2.75) is 0 Å². The molecule has 0 fully saturated rings. The summed E-state index contributed by atoms with van der Waals surface area (Å²) in [4.78, 5) is 0. The number of para-hydroxylation sites is 4. The second-order valence-electron chi connectivity index (χ2n) is 16.9. The molecule has 16 aromatic rings. The van der Waals surface area contributed by atoms with Crippen LogP contribution in [0.4, 0.5) is 0 Å². The van der Waals surface area contributed by atoms with E-state index < -0.39 is 0 Å². The summed E-state index contributed by atoms with van der Waals surface area (Å²) in [6.45, 7) is 0. The van der Waals surface area contributed by atoms with Gasteiger partial charge < -0.3 is 17.9 Å². The SMILES string of the molecule is Cn1c(-c2ccccc2)cc2ccccc21.Cn1cc2ccc3cccc4cc1n2c34.c1cc2ccc3c4ccccn4c4cc(c1)c2n34.c1cc2ccc3cccc4cc(c1)c2n34. The molecule has 0 spiro atoms. The summed E-state index contributed by atoms with van der Waals surface area (Å²) in [6.07, 6.45) is 4.30. The van der Waals surface area contributed by atoms with Gasteiger partial charge >= 0.3 is 0 Å². The van der Waals surface area contributed by atoms with E-state index in [-0.39, 0.29) is 0 Å². The molecule has 304 valence electrons. The predicted octanol–water partition coefficient (Wildman–Crippen LogP) is 14.5. The Labute approximate surface area is 367 Å². The number of imidazole rings is 2. The Balaban J connectivity index is 0.0000000862. The van der Waals surface area contributed by atoms with Crippen molar-refractivity contribution in [3.63, 3.8) is 0 Å². The lowest BCUT2D eigenvalue weighted by molar-refractivity contribution is 0.961. The van der Waals surface area contributed by atoms with Crippen LogP contribution in [0.2, 0.25) is 0 Å². The van der Waals surface area contributed by atoms with Crippen LogP contribution in [0.5, 0.6) is 0 Å². The standard InChI is InChI=1S/C16H10N2.C15H13N.C14H9N.C13H10N2/c1-2-9-17-13(6-1)14-8-7-11-4-3-5-12-10-15(17)18(14)16(11)12;1-16-14-10-6-5-9-13(14)11-15(16)12-7-3-2-4-8-12;1-3-10-7-8-12-5-2-6-13-9-11(4-1)14(10)15(12)13;1-14-8-11-6-5-9-3-2-4-10-7-12(14)15(11)13(9)10/h1-10H;2-11H,1H3;1-9H;2-8H,1H3. The Morgan fingerprint density at radius 3 is 1.66 bits per heavy atom. The van der Waals surface area contributed by atoms with E-state index in [4.69, 9.17) is 0 Å². The Morgan fingerprint density at radius 1 is 0.328 bits per heavy atom. The summed E-state index contributed by atoms with van der Waals surface area (Å²) in [7, 11) is 4.21. The van der Waals surface area contributed by atoms with Crippen molar-refractivity contribution < 1.29 is 0 Å². The molecule has 5 aromatic carbocycles. The number of benzene rings is 5. The van der Waals surface area contributed by atoms with E-state index in [9.17, 15) is 0 Å². The molecule has 0 unspecified atom stereocenters. The first-order valence-corrected chi connectivity index (χ1v) is 21.9. The first-order chi connectivity index (χ1) is 31.6. The van der Waals surface area contributed by atoms with Gasteiger partial charge in [-0.15, -0.1) is 0 Å². The minimum atomic E-state index is 1.24. The average molecular weight is 823 g/mol. The number of nitrogens with zero attached hydrogens (tertiary/aromatic N) is 6. The molecule has 6 nitrogen and oxygen atoms in total. The zero-order valence-corrected chi connectivity index (χ0v) is 35.5. The summed E-state index contributed by atoms with van der Waals surface area (Å²) < 4.78 is 13.7. The van der Waals surface area contributed by atoms with Crippen LogP contribution < -0.4 is 0 Å². The number of hydrogen-bond donors (Lipinski definition) is 0. The predicted molar refractivity (Wildman–Crippen MR) is 269 cm³/mol. The van der Waals surface area contributed by atoms with Gasteiger partial charge in [0.2, 0.25) is 0 Å². The second-order valence-corrected chi connectivity index (χ2v) is 16.9. The summed E-state index contributed by atoms with van der Waals surface area (Å²) in [5.74, 6) is 0. The number of aromatic nitrogens is 6. The minimum Gasteiger partial charge on any atom is -0.344 e. The van der Waals surface area contributed by atoms with Crippen LogP contribution in [0.1, 0.15) is 0 Å². The molecule has 0 saturated carbocycles. The lowest BCUT2D eigenvalue weighted by atomic mass is 10.1. The van der Waals surface area contributed by atoms with E-state index >= 15 is 0 Å². The Morgan fingerprint density at radius 2 is 0.891 bits per heavy atom. The molecular weight excluding hydrogens is 781 g/mol. The molecule has 11 aromatic heterocycles. The van der Waals surface area contributed by atoms with Gasteiger partial charge in [0.25, 0.3) is 0 Å². The molecule has 0 N–H and O–H groups in total. The molecule has 0 aliphatic rings. The Kier molecular flexibility index (Phi) is 7.93. The average Bonchev–Trinajstić information content (AvgIpc) is 4.20. The second kappa shape index (κ2) is 14.0. The van der Waals surface area contributed by atoms with Gasteiger partial charge in [0.1, 0.15) is 11.3 Å². The van der Waals surface area contributed by atoms with Gasteiger partial charge in [-0.05, 0) is 94.5 Å².